The van der Waals surface area contributed by atoms with Crippen LogP contribution in [0.25, 0.3) is 6.08 Å². The minimum atomic E-state index is -1.72. The predicted molar refractivity (Wildman–Crippen MR) is 91.9 cm³/mol. The van der Waals surface area contributed by atoms with E-state index in [1.807, 2.05) is 67.6 Å². The first-order chi connectivity index (χ1) is 11.1. The first-order valence-corrected chi connectivity index (χ1v) is 7.76. The van der Waals surface area contributed by atoms with Crippen molar-refractivity contribution in [1.29, 1.82) is 0 Å². The fourth-order valence-corrected chi connectivity index (χ4v) is 2.42. The van der Waals surface area contributed by atoms with Crippen molar-refractivity contribution >= 4 is 12.0 Å². The normalized spacial score (nSPS) is 15.1. The lowest BCUT2D eigenvalue weighted by Crippen LogP contribution is -2.43. The topological polar surface area (TPSA) is 46.5 Å². The maximum Gasteiger partial charge on any atom is 0.342 e. The third-order valence-electron chi connectivity index (χ3n) is 3.89. The van der Waals surface area contributed by atoms with Gasteiger partial charge in [0.05, 0.1) is 6.61 Å². The highest BCUT2D eigenvalue weighted by atomic mass is 16.5. The lowest BCUT2D eigenvalue weighted by atomic mass is 9.82. The van der Waals surface area contributed by atoms with Crippen molar-refractivity contribution in [3.8, 4) is 0 Å². The van der Waals surface area contributed by atoms with Crippen molar-refractivity contribution in [2.45, 2.75) is 25.4 Å². The first kappa shape index (κ1) is 17.0. The molecule has 3 heteroatoms. The molecule has 2 aromatic carbocycles. The monoisotopic (exact) mass is 310 g/mol. The van der Waals surface area contributed by atoms with Gasteiger partial charge >= 0.3 is 5.97 Å². The summed E-state index contributed by atoms with van der Waals surface area (Å²) in [6, 6.07) is 19.0. The van der Waals surface area contributed by atoms with Crippen LogP contribution in [0.15, 0.2) is 66.7 Å². The number of rotatable bonds is 6. The molecule has 0 aliphatic rings. The van der Waals surface area contributed by atoms with Crippen LogP contribution in [0.2, 0.25) is 0 Å². The van der Waals surface area contributed by atoms with Gasteiger partial charge in [0.25, 0.3) is 0 Å². The van der Waals surface area contributed by atoms with Crippen LogP contribution in [0.4, 0.5) is 0 Å². The van der Waals surface area contributed by atoms with Crippen molar-refractivity contribution < 1.29 is 14.6 Å². The van der Waals surface area contributed by atoms with Crippen molar-refractivity contribution in [3.05, 3.63) is 77.9 Å². The van der Waals surface area contributed by atoms with E-state index < -0.39 is 17.5 Å². The lowest BCUT2D eigenvalue weighted by Gasteiger charge is -2.29. The Bertz CT molecular complexity index is 649. The summed E-state index contributed by atoms with van der Waals surface area (Å²) >= 11 is 0. The highest BCUT2D eigenvalue weighted by molar-refractivity contribution is 5.84. The van der Waals surface area contributed by atoms with Crippen LogP contribution >= 0.6 is 0 Å². The van der Waals surface area contributed by atoms with Crippen LogP contribution in [0.5, 0.6) is 0 Å². The van der Waals surface area contributed by atoms with Crippen LogP contribution in [0.1, 0.15) is 30.9 Å². The highest BCUT2D eigenvalue weighted by Crippen LogP contribution is 2.31. The fourth-order valence-electron chi connectivity index (χ4n) is 2.42. The van der Waals surface area contributed by atoms with Gasteiger partial charge in [-0.25, -0.2) is 4.79 Å². The van der Waals surface area contributed by atoms with E-state index in [0.29, 0.717) is 0 Å². The zero-order valence-corrected chi connectivity index (χ0v) is 13.5. The second-order valence-corrected chi connectivity index (χ2v) is 5.42. The lowest BCUT2D eigenvalue weighted by molar-refractivity contribution is -0.161. The van der Waals surface area contributed by atoms with E-state index in [1.54, 1.807) is 13.0 Å². The molecule has 3 nitrogen and oxygen atoms in total. The Morgan fingerprint density at radius 3 is 2.26 bits per heavy atom. The summed E-state index contributed by atoms with van der Waals surface area (Å²) in [5, 5.41) is 11.0. The summed E-state index contributed by atoms with van der Waals surface area (Å²) in [5.74, 6) is -1.06. The molecule has 0 spiro atoms. The molecule has 0 aliphatic carbocycles. The summed E-state index contributed by atoms with van der Waals surface area (Å²) in [6.07, 6.45) is 3.27. The molecule has 0 aromatic heterocycles. The maximum atomic E-state index is 12.4. The Morgan fingerprint density at radius 2 is 1.70 bits per heavy atom. The van der Waals surface area contributed by atoms with Crippen molar-refractivity contribution in [1.82, 2.24) is 0 Å². The minimum absolute atomic E-state index is 0.224. The number of carbonyl (C=O) groups is 1. The molecule has 0 heterocycles. The number of carbonyl (C=O) groups excluding carboxylic acids is 1. The standard InChI is InChI=1S/C20H22O3/c1-3-23-19(21)20(22,15-14-17-10-6-4-7-11-17)16(2)18-12-8-5-9-13-18/h4-16,22H,3H2,1-2H3/b15-14+/t16-,20-/m1/s1. The van der Waals surface area contributed by atoms with E-state index >= 15 is 0 Å². The van der Waals surface area contributed by atoms with Gasteiger partial charge in [0.1, 0.15) is 0 Å². The van der Waals surface area contributed by atoms with Gasteiger partial charge in [0.2, 0.25) is 0 Å². The van der Waals surface area contributed by atoms with Crippen molar-refractivity contribution in [3.63, 3.8) is 0 Å². The smallest absolute Gasteiger partial charge is 0.342 e. The van der Waals surface area contributed by atoms with E-state index in [0.717, 1.165) is 11.1 Å². The molecule has 0 saturated carbocycles. The Morgan fingerprint density at radius 1 is 1.13 bits per heavy atom. The van der Waals surface area contributed by atoms with Gasteiger partial charge < -0.3 is 9.84 Å². The number of benzene rings is 2. The van der Waals surface area contributed by atoms with E-state index in [1.165, 1.54) is 6.08 Å². The molecule has 0 saturated heterocycles. The van der Waals surface area contributed by atoms with Crippen molar-refractivity contribution in [2.75, 3.05) is 6.61 Å². The second kappa shape index (κ2) is 7.75. The largest absolute Gasteiger partial charge is 0.464 e. The molecule has 120 valence electrons. The number of hydrogen-bond acceptors (Lipinski definition) is 3. The number of ether oxygens (including phenoxy) is 1. The summed E-state index contributed by atoms with van der Waals surface area (Å²) in [4.78, 5) is 12.4. The Hall–Kier alpha value is -2.39. The quantitative estimate of drug-likeness (QED) is 0.826. The summed E-state index contributed by atoms with van der Waals surface area (Å²) in [7, 11) is 0. The van der Waals surface area contributed by atoms with Gasteiger partial charge in [-0.3, -0.25) is 0 Å². The van der Waals surface area contributed by atoms with Gasteiger partial charge in [-0.1, -0.05) is 73.7 Å². The van der Waals surface area contributed by atoms with Gasteiger partial charge in [-0.05, 0) is 24.1 Å². The second-order valence-electron chi connectivity index (χ2n) is 5.42. The van der Waals surface area contributed by atoms with Crippen LogP contribution < -0.4 is 0 Å². The van der Waals surface area contributed by atoms with Crippen LogP contribution in [0, 0.1) is 0 Å². The van der Waals surface area contributed by atoms with E-state index in [-0.39, 0.29) is 6.61 Å². The number of hydrogen-bond donors (Lipinski definition) is 1. The Kier molecular flexibility index (Phi) is 5.72. The molecule has 0 unspecified atom stereocenters. The maximum absolute atomic E-state index is 12.4. The summed E-state index contributed by atoms with van der Waals surface area (Å²) in [5.41, 5.74) is 0.0731. The average Bonchev–Trinajstić information content (AvgIpc) is 2.61. The average molecular weight is 310 g/mol. The molecule has 2 atom stereocenters. The fraction of sp³-hybridized carbons (Fsp3) is 0.250. The molecule has 2 rings (SSSR count). The third kappa shape index (κ3) is 4.08. The Labute approximate surface area is 137 Å². The third-order valence-corrected chi connectivity index (χ3v) is 3.89. The number of esters is 1. The highest BCUT2D eigenvalue weighted by Gasteiger charge is 2.41. The SMILES string of the molecule is CCOC(=O)[C@@](O)(/C=C/c1ccccc1)[C@H](C)c1ccccc1. The van der Waals surface area contributed by atoms with Gasteiger partial charge in [-0.15, -0.1) is 0 Å². The molecule has 1 N–H and O–H groups in total. The Balaban J connectivity index is 2.36. The zero-order valence-electron chi connectivity index (χ0n) is 13.5. The minimum Gasteiger partial charge on any atom is -0.464 e. The van der Waals surface area contributed by atoms with Gasteiger partial charge in [0, 0.05) is 5.92 Å². The molecular formula is C20H22O3. The van der Waals surface area contributed by atoms with E-state index in [2.05, 4.69) is 0 Å². The van der Waals surface area contributed by atoms with Crippen LogP contribution in [-0.4, -0.2) is 23.3 Å². The molecule has 0 aliphatic heterocycles. The molecule has 0 bridgehead atoms. The summed E-state index contributed by atoms with van der Waals surface area (Å²) < 4.78 is 5.10. The molecule has 23 heavy (non-hydrogen) atoms. The van der Waals surface area contributed by atoms with E-state index in [4.69, 9.17) is 4.74 Å². The molecule has 0 fully saturated rings. The predicted octanol–water partition coefficient (Wildman–Crippen LogP) is 3.80. The van der Waals surface area contributed by atoms with E-state index in [9.17, 15) is 9.90 Å². The van der Waals surface area contributed by atoms with Crippen LogP contribution in [-0.2, 0) is 9.53 Å². The molecular weight excluding hydrogens is 288 g/mol. The van der Waals surface area contributed by atoms with Crippen molar-refractivity contribution in [2.24, 2.45) is 0 Å². The van der Waals surface area contributed by atoms with Crippen LogP contribution in [0.3, 0.4) is 0 Å². The molecule has 0 amide bonds. The number of aliphatic hydroxyl groups is 1. The molecule has 0 radical (unpaired) electrons. The first-order valence-electron chi connectivity index (χ1n) is 7.76. The summed E-state index contributed by atoms with van der Waals surface area (Å²) in [6.45, 7) is 3.77. The molecule has 2 aromatic rings. The van der Waals surface area contributed by atoms with Gasteiger partial charge in [-0.2, -0.15) is 0 Å². The van der Waals surface area contributed by atoms with Gasteiger partial charge in [0.15, 0.2) is 5.60 Å². The zero-order chi connectivity index (χ0) is 16.7.